The van der Waals surface area contributed by atoms with Crippen LogP contribution < -0.4 is 5.32 Å². The summed E-state index contributed by atoms with van der Waals surface area (Å²) in [6.07, 6.45) is 2.86. The molecular formula is C18H19N3O3. The van der Waals surface area contributed by atoms with Crippen LogP contribution in [0.5, 0.6) is 0 Å². The minimum Gasteiger partial charge on any atom is -0.459 e. The average Bonchev–Trinajstić information content (AvgIpc) is 3.15. The second-order valence-electron chi connectivity index (χ2n) is 6.34. The van der Waals surface area contributed by atoms with Gasteiger partial charge in [0.05, 0.1) is 11.8 Å². The molecule has 2 aliphatic rings. The maximum atomic E-state index is 12.7. The zero-order valence-electron chi connectivity index (χ0n) is 13.5. The lowest BCUT2D eigenvalue weighted by atomic mass is 9.90. The molecule has 1 aromatic carbocycles. The number of benzene rings is 1. The Labute approximate surface area is 140 Å². The molecule has 1 saturated heterocycles. The monoisotopic (exact) mass is 325 g/mol. The van der Waals surface area contributed by atoms with Crippen molar-refractivity contribution in [3.8, 4) is 0 Å². The van der Waals surface area contributed by atoms with Gasteiger partial charge in [0.25, 0.3) is 11.8 Å². The molecule has 0 bridgehead atoms. The highest BCUT2D eigenvalue weighted by atomic mass is 16.3. The zero-order valence-corrected chi connectivity index (χ0v) is 13.5. The van der Waals surface area contributed by atoms with Gasteiger partial charge in [-0.2, -0.15) is 0 Å². The Bertz CT molecular complexity index is 777. The Kier molecular flexibility index (Phi) is 3.33. The number of likely N-dealkylation sites (tertiary alicyclic amines) is 1. The first-order valence-corrected chi connectivity index (χ1v) is 8.09. The first-order valence-electron chi connectivity index (χ1n) is 8.09. The zero-order chi connectivity index (χ0) is 16.7. The molecule has 2 aromatic rings. The fourth-order valence-electron chi connectivity index (χ4n) is 3.58. The van der Waals surface area contributed by atoms with Crippen LogP contribution in [0.1, 0.15) is 33.8 Å². The third kappa shape index (κ3) is 2.18. The van der Waals surface area contributed by atoms with Crippen molar-refractivity contribution in [2.45, 2.75) is 18.5 Å². The van der Waals surface area contributed by atoms with Crippen molar-refractivity contribution in [2.24, 2.45) is 0 Å². The summed E-state index contributed by atoms with van der Waals surface area (Å²) < 4.78 is 5.20. The summed E-state index contributed by atoms with van der Waals surface area (Å²) in [4.78, 5) is 28.7. The number of piperidine rings is 1. The maximum absolute atomic E-state index is 12.7. The number of furan rings is 1. The van der Waals surface area contributed by atoms with Gasteiger partial charge in [-0.3, -0.25) is 9.59 Å². The summed E-state index contributed by atoms with van der Waals surface area (Å²) in [5.74, 6) is 0.285. The van der Waals surface area contributed by atoms with Gasteiger partial charge in [0.1, 0.15) is 5.66 Å². The van der Waals surface area contributed by atoms with Crippen molar-refractivity contribution in [3.05, 3.63) is 54.0 Å². The first-order chi connectivity index (χ1) is 11.6. The van der Waals surface area contributed by atoms with Gasteiger partial charge in [0, 0.05) is 38.7 Å². The number of rotatable bonds is 1. The molecule has 24 heavy (non-hydrogen) atoms. The van der Waals surface area contributed by atoms with Crippen LogP contribution in [0.2, 0.25) is 0 Å². The molecule has 1 fully saturated rings. The van der Waals surface area contributed by atoms with Gasteiger partial charge in [-0.05, 0) is 24.3 Å². The van der Waals surface area contributed by atoms with Crippen molar-refractivity contribution in [2.75, 3.05) is 25.5 Å². The van der Waals surface area contributed by atoms with Crippen molar-refractivity contribution >= 4 is 17.5 Å². The summed E-state index contributed by atoms with van der Waals surface area (Å²) in [5, 5.41) is 3.53. The quantitative estimate of drug-likeness (QED) is 0.874. The fraction of sp³-hybridized carbons (Fsp3) is 0.333. The third-order valence-electron chi connectivity index (χ3n) is 5.08. The minimum absolute atomic E-state index is 0.0233. The standard InChI is InChI=1S/C18H19N3O3/c1-20-16(22)13-5-2-3-6-14(13)19-18(20)8-10-21(11-9-18)17(23)15-7-4-12-24-15/h2-7,12,19H,8-11H2,1H3. The number of anilines is 1. The van der Waals surface area contributed by atoms with E-state index in [2.05, 4.69) is 5.32 Å². The van der Waals surface area contributed by atoms with E-state index in [1.54, 1.807) is 21.9 Å². The van der Waals surface area contributed by atoms with E-state index in [0.717, 1.165) is 5.69 Å². The number of carbonyl (C=O) groups is 2. The van der Waals surface area contributed by atoms with E-state index in [1.807, 2.05) is 31.3 Å². The summed E-state index contributed by atoms with van der Waals surface area (Å²) in [7, 11) is 1.83. The largest absolute Gasteiger partial charge is 0.459 e. The highest BCUT2D eigenvalue weighted by molar-refractivity contribution is 6.02. The molecular weight excluding hydrogens is 306 g/mol. The molecule has 0 unspecified atom stereocenters. The van der Waals surface area contributed by atoms with E-state index >= 15 is 0 Å². The highest BCUT2D eigenvalue weighted by Gasteiger charge is 2.45. The molecule has 1 spiro atoms. The van der Waals surface area contributed by atoms with E-state index in [0.29, 0.717) is 37.3 Å². The number of para-hydroxylation sites is 1. The normalized spacial score (nSPS) is 19.1. The van der Waals surface area contributed by atoms with E-state index in [9.17, 15) is 9.59 Å². The lowest BCUT2D eigenvalue weighted by molar-refractivity contribution is 0.0336. The van der Waals surface area contributed by atoms with Crippen molar-refractivity contribution in [1.29, 1.82) is 0 Å². The maximum Gasteiger partial charge on any atom is 0.289 e. The Hall–Kier alpha value is -2.76. The van der Waals surface area contributed by atoms with Gasteiger partial charge < -0.3 is 19.5 Å². The molecule has 0 saturated carbocycles. The lowest BCUT2D eigenvalue weighted by Crippen LogP contribution is -2.63. The predicted molar refractivity (Wildman–Crippen MR) is 88.7 cm³/mol. The number of nitrogens with zero attached hydrogens (tertiary/aromatic N) is 2. The van der Waals surface area contributed by atoms with Crippen molar-refractivity contribution in [1.82, 2.24) is 9.80 Å². The summed E-state index contributed by atoms with van der Waals surface area (Å²) >= 11 is 0. The SMILES string of the molecule is CN1C(=O)c2ccccc2NC12CCN(C(=O)c1ccco1)CC2. The van der Waals surface area contributed by atoms with Gasteiger partial charge in [0.15, 0.2) is 5.76 Å². The molecule has 124 valence electrons. The smallest absolute Gasteiger partial charge is 0.289 e. The molecule has 1 aromatic heterocycles. The van der Waals surface area contributed by atoms with Gasteiger partial charge in [-0.25, -0.2) is 0 Å². The Morgan fingerprint density at radius 3 is 2.62 bits per heavy atom. The Morgan fingerprint density at radius 1 is 1.17 bits per heavy atom. The van der Waals surface area contributed by atoms with E-state index in [-0.39, 0.29) is 11.8 Å². The molecule has 0 radical (unpaired) electrons. The average molecular weight is 325 g/mol. The first kappa shape index (κ1) is 14.8. The molecule has 0 atom stereocenters. The lowest BCUT2D eigenvalue weighted by Gasteiger charge is -2.50. The molecule has 6 nitrogen and oxygen atoms in total. The molecule has 2 amide bonds. The van der Waals surface area contributed by atoms with Crippen LogP contribution in [0.25, 0.3) is 0 Å². The topological polar surface area (TPSA) is 65.8 Å². The number of amides is 2. The fourth-order valence-corrected chi connectivity index (χ4v) is 3.58. The number of nitrogens with one attached hydrogen (secondary N) is 1. The third-order valence-corrected chi connectivity index (χ3v) is 5.08. The van der Waals surface area contributed by atoms with Crippen LogP contribution in [0, 0.1) is 0 Å². The van der Waals surface area contributed by atoms with Crippen LogP contribution in [0.4, 0.5) is 5.69 Å². The highest BCUT2D eigenvalue weighted by Crippen LogP contribution is 2.36. The van der Waals surface area contributed by atoms with Crippen molar-refractivity contribution < 1.29 is 14.0 Å². The van der Waals surface area contributed by atoms with Crippen molar-refractivity contribution in [3.63, 3.8) is 0 Å². The minimum atomic E-state index is -0.439. The predicted octanol–water partition coefficient (Wildman–Crippen LogP) is 2.41. The van der Waals surface area contributed by atoms with Crippen LogP contribution in [0.3, 0.4) is 0 Å². The second kappa shape index (κ2) is 5.40. The van der Waals surface area contributed by atoms with Crippen LogP contribution in [0.15, 0.2) is 47.1 Å². The molecule has 6 heteroatoms. The molecule has 4 rings (SSSR count). The van der Waals surface area contributed by atoms with Gasteiger partial charge in [-0.15, -0.1) is 0 Å². The Balaban J connectivity index is 1.54. The molecule has 2 aliphatic heterocycles. The summed E-state index contributed by atoms with van der Waals surface area (Å²) in [6, 6.07) is 11.0. The second-order valence-corrected chi connectivity index (χ2v) is 6.34. The van der Waals surface area contributed by atoms with Crippen LogP contribution in [-0.4, -0.2) is 47.4 Å². The summed E-state index contributed by atoms with van der Waals surface area (Å²) in [5.41, 5.74) is 1.12. The number of carbonyl (C=O) groups excluding carboxylic acids is 2. The molecule has 3 heterocycles. The Morgan fingerprint density at radius 2 is 1.92 bits per heavy atom. The van der Waals surface area contributed by atoms with E-state index < -0.39 is 5.66 Å². The van der Waals surface area contributed by atoms with Gasteiger partial charge >= 0.3 is 0 Å². The van der Waals surface area contributed by atoms with E-state index in [4.69, 9.17) is 4.42 Å². The number of fused-ring (bicyclic) bond motifs is 1. The number of hydrogen-bond acceptors (Lipinski definition) is 4. The molecule has 0 aliphatic carbocycles. The van der Waals surface area contributed by atoms with Gasteiger partial charge in [0.2, 0.25) is 0 Å². The number of hydrogen-bond donors (Lipinski definition) is 1. The molecule has 1 N–H and O–H groups in total. The van der Waals surface area contributed by atoms with E-state index in [1.165, 1.54) is 6.26 Å². The van der Waals surface area contributed by atoms with Crippen LogP contribution in [-0.2, 0) is 0 Å². The summed E-state index contributed by atoms with van der Waals surface area (Å²) in [6.45, 7) is 1.15. The van der Waals surface area contributed by atoms with Crippen LogP contribution >= 0.6 is 0 Å². The van der Waals surface area contributed by atoms with Gasteiger partial charge in [-0.1, -0.05) is 12.1 Å².